The summed E-state index contributed by atoms with van der Waals surface area (Å²) in [6.07, 6.45) is 7.78. The summed E-state index contributed by atoms with van der Waals surface area (Å²) in [4.78, 5) is 0. The molecule has 0 aliphatic heterocycles. The van der Waals surface area contributed by atoms with E-state index in [9.17, 15) is 4.39 Å². The van der Waals surface area contributed by atoms with Crippen LogP contribution >= 0.6 is 0 Å². The van der Waals surface area contributed by atoms with Crippen LogP contribution in [0, 0.1) is 11.7 Å². The van der Waals surface area contributed by atoms with Crippen LogP contribution in [0.5, 0.6) is 5.75 Å². The Morgan fingerprint density at radius 3 is 2.63 bits per heavy atom. The molecule has 1 aliphatic rings. The predicted molar refractivity (Wildman–Crippen MR) is 108 cm³/mol. The highest BCUT2D eigenvalue weighted by atomic mass is 19.1. The maximum absolute atomic E-state index is 13.1. The zero-order valence-corrected chi connectivity index (χ0v) is 15.8. The fourth-order valence-corrected chi connectivity index (χ4v) is 3.78. The number of unbranched alkanes of at least 4 members (excludes halogenated alkanes) is 1. The molecular weight excluding hydrogens is 339 g/mol. The number of halogens is 1. The molecule has 0 radical (unpaired) electrons. The van der Waals surface area contributed by atoms with Crippen molar-refractivity contribution < 1.29 is 9.13 Å². The smallest absolute Gasteiger partial charge is 0.123 e. The maximum atomic E-state index is 13.1. The molecule has 3 aromatic rings. The van der Waals surface area contributed by atoms with Crippen molar-refractivity contribution in [2.45, 2.75) is 44.6 Å². The third-order valence-corrected chi connectivity index (χ3v) is 5.65. The van der Waals surface area contributed by atoms with Crippen LogP contribution in [-0.2, 0) is 0 Å². The van der Waals surface area contributed by atoms with Gasteiger partial charge in [0, 0.05) is 22.8 Å². The van der Waals surface area contributed by atoms with E-state index in [0.29, 0.717) is 6.61 Å². The first-order valence-corrected chi connectivity index (χ1v) is 9.82. The molecule has 1 unspecified atom stereocenters. The SMILES string of the molecule is CC(N)(CCCCOc1ccc2c(ccn2-c2ccc(F)cc2)c1)C1CC1. The number of hydrogen-bond donors (Lipinski definition) is 1. The first-order chi connectivity index (χ1) is 13.0. The molecule has 1 aliphatic carbocycles. The lowest BCUT2D eigenvalue weighted by atomic mass is 9.91. The van der Waals surface area contributed by atoms with Crippen molar-refractivity contribution in [2.75, 3.05) is 6.61 Å². The Balaban J connectivity index is 1.34. The van der Waals surface area contributed by atoms with Crippen molar-refractivity contribution in [3.63, 3.8) is 0 Å². The molecule has 4 heteroatoms. The lowest BCUT2D eigenvalue weighted by Gasteiger charge is -2.24. The first-order valence-electron chi connectivity index (χ1n) is 9.82. The highest BCUT2D eigenvalue weighted by molar-refractivity contribution is 5.83. The van der Waals surface area contributed by atoms with Gasteiger partial charge in [0.25, 0.3) is 0 Å². The normalized spacial score (nSPS) is 16.4. The van der Waals surface area contributed by atoms with Crippen molar-refractivity contribution in [1.82, 2.24) is 4.57 Å². The third kappa shape index (κ3) is 4.16. The lowest BCUT2D eigenvalue weighted by molar-refractivity contribution is 0.289. The maximum Gasteiger partial charge on any atom is 0.123 e. The van der Waals surface area contributed by atoms with Crippen LogP contribution < -0.4 is 10.5 Å². The number of nitrogens with zero attached hydrogens (tertiary/aromatic N) is 1. The average molecular weight is 366 g/mol. The number of rotatable bonds is 8. The van der Waals surface area contributed by atoms with Crippen molar-refractivity contribution in [3.05, 3.63) is 60.5 Å². The first kappa shape index (κ1) is 18.1. The summed E-state index contributed by atoms with van der Waals surface area (Å²) < 4.78 is 21.1. The van der Waals surface area contributed by atoms with E-state index in [1.807, 2.05) is 12.3 Å². The van der Waals surface area contributed by atoms with E-state index < -0.39 is 0 Å². The van der Waals surface area contributed by atoms with E-state index in [0.717, 1.165) is 47.5 Å². The van der Waals surface area contributed by atoms with E-state index >= 15 is 0 Å². The van der Waals surface area contributed by atoms with E-state index in [1.54, 1.807) is 12.1 Å². The van der Waals surface area contributed by atoms with E-state index in [2.05, 4.69) is 29.7 Å². The minimum Gasteiger partial charge on any atom is -0.494 e. The Labute approximate surface area is 159 Å². The summed E-state index contributed by atoms with van der Waals surface area (Å²) in [6, 6.07) is 14.7. The van der Waals surface area contributed by atoms with Crippen LogP contribution in [-0.4, -0.2) is 16.7 Å². The van der Waals surface area contributed by atoms with Gasteiger partial charge in [0.05, 0.1) is 12.1 Å². The summed E-state index contributed by atoms with van der Waals surface area (Å²) in [5.74, 6) is 1.39. The van der Waals surface area contributed by atoms with Crippen LogP contribution in [0.15, 0.2) is 54.7 Å². The second-order valence-electron chi connectivity index (χ2n) is 7.97. The zero-order chi connectivity index (χ0) is 18.9. The largest absolute Gasteiger partial charge is 0.494 e. The van der Waals surface area contributed by atoms with Gasteiger partial charge in [-0.15, -0.1) is 0 Å². The number of nitrogens with two attached hydrogens (primary N) is 1. The summed E-state index contributed by atoms with van der Waals surface area (Å²) in [5.41, 5.74) is 8.40. The predicted octanol–water partition coefficient (Wildman–Crippen LogP) is 5.45. The van der Waals surface area contributed by atoms with Gasteiger partial charge in [0.1, 0.15) is 11.6 Å². The van der Waals surface area contributed by atoms with Gasteiger partial charge in [-0.1, -0.05) is 0 Å². The summed E-state index contributed by atoms with van der Waals surface area (Å²) in [7, 11) is 0. The Morgan fingerprint density at radius 1 is 1.11 bits per heavy atom. The second-order valence-corrected chi connectivity index (χ2v) is 7.97. The lowest BCUT2D eigenvalue weighted by Crippen LogP contribution is -2.38. The van der Waals surface area contributed by atoms with Gasteiger partial charge in [-0.05, 0) is 93.5 Å². The van der Waals surface area contributed by atoms with Crippen molar-refractivity contribution in [3.8, 4) is 11.4 Å². The molecule has 0 amide bonds. The molecule has 142 valence electrons. The minimum absolute atomic E-state index is 0.00216. The molecule has 1 saturated carbocycles. The van der Waals surface area contributed by atoms with Crippen LogP contribution in [0.3, 0.4) is 0 Å². The molecule has 27 heavy (non-hydrogen) atoms. The van der Waals surface area contributed by atoms with Gasteiger partial charge in [0.15, 0.2) is 0 Å². The van der Waals surface area contributed by atoms with E-state index in [-0.39, 0.29) is 11.4 Å². The summed E-state index contributed by atoms with van der Waals surface area (Å²) >= 11 is 0. The molecular formula is C23H27FN2O. The van der Waals surface area contributed by atoms with Crippen LogP contribution in [0.25, 0.3) is 16.6 Å². The summed E-state index contributed by atoms with van der Waals surface area (Å²) in [5, 5.41) is 1.11. The minimum atomic E-state index is -0.224. The third-order valence-electron chi connectivity index (χ3n) is 5.65. The Hall–Kier alpha value is -2.33. The monoisotopic (exact) mass is 366 g/mol. The van der Waals surface area contributed by atoms with Crippen molar-refractivity contribution in [1.29, 1.82) is 0 Å². The molecule has 2 N–H and O–H groups in total. The number of aromatic nitrogens is 1. The highest BCUT2D eigenvalue weighted by Crippen LogP contribution is 2.40. The molecule has 0 spiro atoms. The van der Waals surface area contributed by atoms with Gasteiger partial charge in [-0.2, -0.15) is 0 Å². The molecule has 1 fully saturated rings. The molecule has 1 atom stereocenters. The van der Waals surface area contributed by atoms with Crippen LogP contribution in [0.2, 0.25) is 0 Å². The number of benzene rings is 2. The van der Waals surface area contributed by atoms with Crippen molar-refractivity contribution >= 4 is 10.9 Å². The van der Waals surface area contributed by atoms with Crippen LogP contribution in [0.4, 0.5) is 4.39 Å². The molecule has 4 rings (SSSR count). The molecule has 1 aromatic heterocycles. The van der Waals surface area contributed by atoms with E-state index in [4.69, 9.17) is 10.5 Å². The highest BCUT2D eigenvalue weighted by Gasteiger charge is 2.37. The van der Waals surface area contributed by atoms with Gasteiger partial charge >= 0.3 is 0 Å². The topological polar surface area (TPSA) is 40.2 Å². The second kappa shape index (κ2) is 7.35. The van der Waals surface area contributed by atoms with Crippen molar-refractivity contribution in [2.24, 2.45) is 11.7 Å². The van der Waals surface area contributed by atoms with E-state index in [1.165, 1.54) is 25.0 Å². The fraction of sp³-hybridized carbons (Fsp3) is 0.391. The standard InChI is InChI=1S/C23H27FN2O/c1-23(25,18-4-5-18)13-2-3-15-27-21-10-11-22-17(16-21)12-14-26(22)20-8-6-19(24)7-9-20/h6-12,14,16,18H,2-5,13,15,25H2,1H3. The van der Waals surface area contributed by atoms with Gasteiger partial charge in [-0.25, -0.2) is 4.39 Å². The molecule has 2 aromatic carbocycles. The fourth-order valence-electron chi connectivity index (χ4n) is 3.78. The quantitative estimate of drug-likeness (QED) is 0.539. The molecule has 1 heterocycles. The Morgan fingerprint density at radius 2 is 1.89 bits per heavy atom. The molecule has 0 bridgehead atoms. The molecule has 3 nitrogen and oxygen atoms in total. The molecule has 0 saturated heterocycles. The van der Waals surface area contributed by atoms with Crippen LogP contribution in [0.1, 0.15) is 39.0 Å². The average Bonchev–Trinajstić information content (AvgIpc) is 3.44. The van der Waals surface area contributed by atoms with Gasteiger partial charge in [-0.3, -0.25) is 0 Å². The number of ether oxygens (including phenoxy) is 1. The number of hydrogen-bond acceptors (Lipinski definition) is 2. The summed E-state index contributed by atoms with van der Waals surface area (Å²) in [6.45, 7) is 2.90. The number of fused-ring (bicyclic) bond motifs is 1. The van der Waals surface area contributed by atoms with Gasteiger partial charge in [0.2, 0.25) is 0 Å². The Kier molecular flexibility index (Phi) is 4.92. The Bertz CT molecular complexity index is 910. The zero-order valence-electron chi connectivity index (χ0n) is 15.8. The van der Waals surface area contributed by atoms with Gasteiger partial charge < -0.3 is 15.0 Å².